The fourth-order valence-corrected chi connectivity index (χ4v) is 3.55. The van der Waals surface area contributed by atoms with E-state index in [0.717, 1.165) is 24.8 Å². The number of benzene rings is 2. The summed E-state index contributed by atoms with van der Waals surface area (Å²) in [5.74, 6) is 0. The van der Waals surface area contributed by atoms with Crippen LogP contribution in [0.2, 0.25) is 0 Å². The number of hydrogen-bond acceptors (Lipinski definition) is 3. The first kappa shape index (κ1) is 18.0. The third kappa shape index (κ3) is 4.04. The van der Waals surface area contributed by atoms with Crippen LogP contribution in [0.1, 0.15) is 35.6 Å². The Balaban J connectivity index is 1.77. The fraction of sp³-hybridized carbons (Fsp3) is 0.333. The van der Waals surface area contributed by atoms with Gasteiger partial charge in [0.2, 0.25) is 0 Å². The number of carbonyl (C=O) groups is 1. The third-order valence-corrected chi connectivity index (χ3v) is 4.80. The maximum Gasteiger partial charge on any atom is 0.322 e. The summed E-state index contributed by atoms with van der Waals surface area (Å²) < 4.78 is 0. The van der Waals surface area contributed by atoms with Crippen molar-refractivity contribution >= 4 is 11.7 Å². The number of anilines is 1. The van der Waals surface area contributed by atoms with Gasteiger partial charge in [-0.2, -0.15) is 5.26 Å². The minimum absolute atomic E-state index is 0.0232. The predicted octanol–water partition coefficient (Wildman–Crippen LogP) is 3.66. The SMILES string of the molecule is N#CCc1ccc(NC(=O)N(CCO)C2CCCc3ccccc32)cc1. The highest BCUT2D eigenvalue weighted by Gasteiger charge is 2.28. The molecule has 1 atom stereocenters. The molecular weight excluding hydrogens is 326 g/mol. The standard InChI is InChI=1S/C21H23N3O2/c22-13-12-16-8-10-18(11-9-16)23-21(26)24(14-15-25)20-7-3-5-17-4-1-2-6-19(17)20/h1-2,4,6,8-11,20,25H,3,5,7,12,14-15H2,(H,23,26). The van der Waals surface area contributed by atoms with Crippen LogP contribution in [-0.4, -0.2) is 29.2 Å². The van der Waals surface area contributed by atoms with E-state index in [1.54, 1.807) is 17.0 Å². The van der Waals surface area contributed by atoms with E-state index in [0.29, 0.717) is 12.1 Å². The van der Waals surface area contributed by atoms with Crippen molar-refractivity contribution in [2.45, 2.75) is 31.7 Å². The average molecular weight is 349 g/mol. The van der Waals surface area contributed by atoms with Crippen molar-refractivity contribution in [3.05, 3.63) is 65.2 Å². The first-order chi connectivity index (χ1) is 12.7. The summed E-state index contributed by atoms with van der Waals surface area (Å²) in [6.07, 6.45) is 3.30. The van der Waals surface area contributed by atoms with E-state index in [9.17, 15) is 9.90 Å². The zero-order valence-corrected chi connectivity index (χ0v) is 14.7. The molecule has 0 saturated carbocycles. The van der Waals surface area contributed by atoms with Crippen molar-refractivity contribution in [3.63, 3.8) is 0 Å². The molecule has 0 radical (unpaired) electrons. The fourth-order valence-electron chi connectivity index (χ4n) is 3.55. The van der Waals surface area contributed by atoms with Crippen molar-refractivity contribution in [2.75, 3.05) is 18.5 Å². The number of aliphatic hydroxyl groups is 1. The van der Waals surface area contributed by atoms with Gasteiger partial charge in [-0.1, -0.05) is 36.4 Å². The van der Waals surface area contributed by atoms with Crippen molar-refractivity contribution < 1.29 is 9.90 Å². The Morgan fingerprint density at radius 3 is 2.73 bits per heavy atom. The van der Waals surface area contributed by atoms with Crippen molar-refractivity contribution in [3.8, 4) is 6.07 Å². The van der Waals surface area contributed by atoms with E-state index >= 15 is 0 Å². The molecule has 2 aromatic carbocycles. The second kappa shape index (κ2) is 8.50. The van der Waals surface area contributed by atoms with Gasteiger partial charge in [0.25, 0.3) is 0 Å². The number of fused-ring (bicyclic) bond motifs is 1. The minimum Gasteiger partial charge on any atom is -0.395 e. The summed E-state index contributed by atoms with van der Waals surface area (Å²) >= 11 is 0. The summed E-state index contributed by atoms with van der Waals surface area (Å²) in [5.41, 5.74) is 4.05. The monoisotopic (exact) mass is 349 g/mol. The van der Waals surface area contributed by atoms with Gasteiger partial charge in [-0.05, 0) is 48.1 Å². The molecule has 5 heteroatoms. The smallest absolute Gasteiger partial charge is 0.322 e. The molecule has 1 aliphatic carbocycles. The van der Waals surface area contributed by atoms with Gasteiger partial charge in [0, 0.05) is 12.2 Å². The van der Waals surface area contributed by atoms with Gasteiger partial charge in [0.1, 0.15) is 0 Å². The molecule has 134 valence electrons. The van der Waals surface area contributed by atoms with Crippen molar-refractivity contribution in [1.82, 2.24) is 4.90 Å². The number of nitrogens with one attached hydrogen (secondary N) is 1. The zero-order chi connectivity index (χ0) is 18.4. The molecule has 0 heterocycles. The molecule has 1 aliphatic rings. The number of nitriles is 1. The molecule has 0 aromatic heterocycles. The Morgan fingerprint density at radius 1 is 1.23 bits per heavy atom. The van der Waals surface area contributed by atoms with Gasteiger partial charge in [-0.3, -0.25) is 0 Å². The quantitative estimate of drug-likeness (QED) is 0.865. The van der Waals surface area contributed by atoms with Gasteiger partial charge in [0.05, 0.1) is 25.1 Å². The van der Waals surface area contributed by atoms with Crippen LogP contribution in [0.15, 0.2) is 48.5 Å². The van der Waals surface area contributed by atoms with E-state index < -0.39 is 0 Å². The molecule has 0 saturated heterocycles. The van der Waals surface area contributed by atoms with Crippen LogP contribution < -0.4 is 5.32 Å². The molecule has 1 unspecified atom stereocenters. The lowest BCUT2D eigenvalue weighted by Crippen LogP contribution is -2.41. The number of carbonyl (C=O) groups excluding carboxylic acids is 1. The Kier molecular flexibility index (Phi) is 5.88. The molecule has 0 aliphatic heterocycles. The summed E-state index contributed by atoms with van der Waals surface area (Å²) in [7, 11) is 0. The van der Waals surface area contributed by atoms with Crippen LogP contribution in [0.3, 0.4) is 0 Å². The molecular formula is C21H23N3O2. The van der Waals surface area contributed by atoms with E-state index in [-0.39, 0.29) is 25.2 Å². The van der Waals surface area contributed by atoms with Gasteiger partial charge in [0.15, 0.2) is 0 Å². The lowest BCUT2D eigenvalue weighted by atomic mass is 9.87. The van der Waals surface area contributed by atoms with Crippen LogP contribution in [0.4, 0.5) is 10.5 Å². The molecule has 0 spiro atoms. The maximum atomic E-state index is 12.9. The van der Waals surface area contributed by atoms with Crippen LogP contribution in [0.25, 0.3) is 0 Å². The van der Waals surface area contributed by atoms with E-state index in [1.165, 1.54) is 11.1 Å². The maximum absolute atomic E-state index is 12.9. The number of amides is 2. The highest BCUT2D eigenvalue weighted by molar-refractivity contribution is 5.89. The number of hydrogen-bond donors (Lipinski definition) is 2. The number of urea groups is 1. The van der Waals surface area contributed by atoms with Crippen molar-refractivity contribution in [1.29, 1.82) is 5.26 Å². The Bertz CT molecular complexity index is 796. The van der Waals surface area contributed by atoms with Crippen LogP contribution >= 0.6 is 0 Å². The summed E-state index contributed by atoms with van der Waals surface area (Å²) in [6, 6.07) is 17.4. The first-order valence-corrected chi connectivity index (χ1v) is 8.95. The lowest BCUT2D eigenvalue weighted by Gasteiger charge is -2.35. The molecule has 2 N–H and O–H groups in total. The predicted molar refractivity (Wildman–Crippen MR) is 101 cm³/mol. The third-order valence-electron chi connectivity index (χ3n) is 4.80. The van der Waals surface area contributed by atoms with Gasteiger partial charge < -0.3 is 15.3 Å². The molecule has 2 amide bonds. The molecule has 26 heavy (non-hydrogen) atoms. The molecule has 0 fully saturated rings. The van der Waals surface area contributed by atoms with E-state index in [1.807, 2.05) is 24.3 Å². The molecule has 5 nitrogen and oxygen atoms in total. The topological polar surface area (TPSA) is 76.4 Å². The van der Waals surface area contributed by atoms with Crippen LogP contribution in [0.5, 0.6) is 0 Å². The number of nitrogens with zero attached hydrogens (tertiary/aromatic N) is 2. The molecule has 2 aromatic rings. The van der Waals surface area contributed by atoms with E-state index in [4.69, 9.17) is 5.26 Å². The summed E-state index contributed by atoms with van der Waals surface area (Å²) in [6.45, 7) is 0.213. The number of aliphatic hydroxyl groups excluding tert-OH is 1. The van der Waals surface area contributed by atoms with Gasteiger partial charge in [-0.25, -0.2) is 4.79 Å². The first-order valence-electron chi connectivity index (χ1n) is 8.95. The Morgan fingerprint density at radius 2 is 2.00 bits per heavy atom. The van der Waals surface area contributed by atoms with Crippen molar-refractivity contribution in [2.24, 2.45) is 0 Å². The van der Waals surface area contributed by atoms with Gasteiger partial charge in [-0.15, -0.1) is 0 Å². The minimum atomic E-state index is -0.214. The Labute approximate surface area is 153 Å². The van der Waals surface area contributed by atoms with Crippen LogP contribution in [0, 0.1) is 11.3 Å². The molecule has 3 rings (SSSR count). The van der Waals surface area contributed by atoms with E-state index in [2.05, 4.69) is 23.5 Å². The number of rotatable bonds is 5. The highest BCUT2D eigenvalue weighted by atomic mass is 16.3. The summed E-state index contributed by atoms with van der Waals surface area (Å²) in [5, 5.41) is 21.1. The zero-order valence-electron chi connectivity index (χ0n) is 14.7. The normalized spacial score (nSPS) is 15.6. The number of aryl methyl sites for hydroxylation is 1. The average Bonchev–Trinajstić information content (AvgIpc) is 2.67. The second-order valence-electron chi connectivity index (χ2n) is 6.49. The second-order valence-corrected chi connectivity index (χ2v) is 6.49. The lowest BCUT2D eigenvalue weighted by molar-refractivity contribution is 0.155. The van der Waals surface area contributed by atoms with Gasteiger partial charge >= 0.3 is 6.03 Å². The van der Waals surface area contributed by atoms with Crippen LogP contribution in [-0.2, 0) is 12.8 Å². The highest BCUT2D eigenvalue weighted by Crippen LogP contribution is 2.34. The Hall–Kier alpha value is -2.84. The largest absolute Gasteiger partial charge is 0.395 e. The molecule has 0 bridgehead atoms. The summed E-state index contributed by atoms with van der Waals surface area (Å²) in [4.78, 5) is 14.6.